The summed E-state index contributed by atoms with van der Waals surface area (Å²) in [5.41, 5.74) is 2.24. The minimum atomic E-state index is 0.180. The number of benzene rings is 1. The number of rotatable bonds is 8. The lowest BCUT2D eigenvalue weighted by Crippen LogP contribution is -2.32. The molecule has 122 valence electrons. The van der Waals surface area contributed by atoms with Gasteiger partial charge in [-0.25, -0.2) is 0 Å². The second kappa shape index (κ2) is 8.93. The minimum absolute atomic E-state index is 0.180. The topological polar surface area (TPSA) is 38.1 Å². The molecule has 0 saturated heterocycles. The zero-order valence-corrected chi connectivity index (χ0v) is 14.0. The Kier molecular flexibility index (Phi) is 6.60. The summed E-state index contributed by atoms with van der Waals surface area (Å²) < 4.78 is 1.88. The Balaban J connectivity index is 1.88. The number of aryl methyl sites for hydroxylation is 2. The maximum atomic E-state index is 12.4. The lowest BCUT2D eigenvalue weighted by Gasteiger charge is -2.20. The van der Waals surface area contributed by atoms with E-state index in [1.807, 2.05) is 40.8 Å². The van der Waals surface area contributed by atoms with Crippen molar-refractivity contribution in [2.24, 2.45) is 0 Å². The smallest absolute Gasteiger partial charge is 0.224 e. The Morgan fingerprint density at radius 1 is 1.26 bits per heavy atom. The highest BCUT2D eigenvalue weighted by Gasteiger charge is 2.11. The summed E-state index contributed by atoms with van der Waals surface area (Å²) in [5.74, 6) is 0.180. The number of hydrogen-bond donors (Lipinski definition) is 0. The average Bonchev–Trinajstić information content (AvgIpc) is 2.98. The van der Waals surface area contributed by atoms with E-state index < -0.39 is 0 Å². The molecule has 0 saturated carbocycles. The Morgan fingerprint density at radius 2 is 2.04 bits per heavy atom. The Morgan fingerprint density at radius 3 is 2.70 bits per heavy atom. The molecule has 4 heteroatoms. The molecule has 1 aromatic carbocycles. The first-order valence-corrected chi connectivity index (χ1v) is 8.18. The fraction of sp³-hybridized carbons (Fsp3) is 0.368. The predicted molar refractivity (Wildman–Crippen MR) is 93.9 cm³/mol. The van der Waals surface area contributed by atoms with Gasteiger partial charge in [-0.05, 0) is 25.0 Å². The Labute approximate surface area is 138 Å². The van der Waals surface area contributed by atoms with Crippen molar-refractivity contribution < 1.29 is 4.79 Å². The van der Waals surface area contributed by atoms with Crippen LogP contribution < -0.4 is 0 Å². The fourth-order valence-corrected chi connectivity index (χ4v) is 2.46. The monoisotopic (exact) mass is 311 g/mol. The van der Waals surface area contributed by atoms with Crippen molar-refractivity contribution in [3.63, 3.8) is 0 Å². The van der Waals surface area contributed by atoms with Crippen LogP contribution in [0.2, 0.25) is 0 Å². The van der Waals surface area contributed by atoms with Crippen LogP contribution in [-0.4, -0.2) is 33.7 Å². The predicted octanol–water partition coefficient (Wildman–Crippen LogP) is 3.53. The summed E-state index contributed by atoms with van der Waals surface area (Å²) in [5, 5.41) is 4.23. The van der Waals surface area contributed by atoms with Crippen LogP contribution in [0.4, 0.5) is 0 Å². The van der Waals surface area contributed by atoms with Crippen LogP contribution in [0.3, 0.4) is 0 Å². The molecule has 1 aromatic heterocycles. The third kappa shape index (κ3) is 5.40. The van der Waals surface area contributed by atoms with Crippen LogP contribution in [0.25, 0.3) is 6.08 Å². The first-order valence-electron chi connectivity index (χ1n) is 8.18. The first-order chi connectivity index (χ1) is 11.2. The van der Waals surface area contributed by atoms with Crippen molar-refractivity contribution in [3.05, 3.63) is 59.9 Å². The summed E-state index contributed by atoms with van der Waals surface area (Å²) >= 11 is 0. The molecule has 0 N–H and O–H groups in total. The second-order valence-corrected chi connectivity index (χ2v) is 5.60. The minimum Gasteiger partial charge on any atom is -0.339 e. The molecule has 0 unspecified atom stereocenters. The third-order valence-corrected chi connectivity index (χ3v) is 3.75. The van der Waals surface area contributed by atoms with Gasteiger partial charge in [0, 0.05) is 37.9 Å². The maximum Gasteiger partial charge on any atom is 0.224 e. The van der Waals surface area contributed by atoms with Gasteiger partial charge in [0.1, 0.15) is 0 Å². The molecule has 2 aromatic rings. The molecule has 0 aliphatic carbocycles. The number of amides is 1. The quantitative estimate of drug-likeness (QED) is 0.748. The van der Waals surface area contributed by atoms with E-state index in [0.717, 1.165) is 24.2 Å². The number of nitrogens with zero attached hydrogens (tertiary/aromatic N) is 3. The van der Waals surface area contributed by atoms with E-state index >= 15 is 0 Å². The van der Waals surface area contributed by atoms with E-state index in [4.69, 9.17) is 0 Å². The lowest BCUT2D eigenvalue weighted by atomic mass is 10.2. The van der Waals surface area contributed by atoms with Crippen molar-refractivity contribution in [2.75, 3.05) is 13.1 Å². The molecule has 0 radical (unpaired) electrons. The van der Waals surface area contributed by atoms with E-state index in [1.165, 1.54) is 0 Å². The van der Waals surface area contributed by atoms with E-state index in [0.29, 0.717) is 19.5 Å². The number of hydrogen-bond acceptors (Lipinski definition) is 2. The van der Waals surface area contributed by atoms with Gasteiger partial charge in [-0.2, -0.15) is 5.10 Å². The van der Waals surface area contributed by atoms with Gasteiger partial charge in [0.25, 0.3) is 0 Å². The Bertz CT molecular complexity index is 631. The fourth-order valence-electron chi connectivity index (χ4n) is 2.46. The summed E-state index contributed by atoms with van der Waals surface area (Å²) in [6.07, 6.45) is 7.34. The molecule has 2 rings (SSSR count). The van der Waals surface area contributed by atoms with E-state index in [1.54, 1.807) is 6.20 Å². The lowest BCUT2D eigenvalue weighted by molar-refractivity contribution is -0.131. The average molecular weight is 311 g/mol. The third-order valence-electron chi connectivity index (χ3n) is 3.75. The highest BCUT2D eigenvalue weighted by molar-refractivity contribution is 5.76. The SMILES string of the molecule is CCCN(C/C=C/c1ccccc1)C(=O)CCn1nccc1C. The highest BCUT2D eigenvalue weighted by atomic mass is 16.2. The van der Waals surface area contributed by atoms with Gasteiger partial charge in [-0.15, -0.1) is 0 Å². The van der Waals surface area contributed by atoms with Gasteiger partial charge >= 0.3 is 0 Å². The largest absolute Gasteiger partial charge is 0.339 e. The van der Waals surface area contributed by atoms with Crippen LogP contribution in [0.15, 0.2) is 48.7 Å². The van der Waals surface area contributed by atoms with E-state index in [-0.39, 0.29) is 5.91 Å². The standard InChI is InChI=1S/C19H25N3O/c1-3-14-21(15-7-10-18-8-5-4-6-9-18)19(23)12-16-22-17(2)11-13-20-22/h4-11,13H,3,12,14-16H2,1-2H3/b10-7+. The number of carbonyl (C=O) groups is 1. The van der Waals surface area contributed by atoms with E-state index in [9.17, 15) is 4.79 Å². The molecular weight excluding hydrogens is 286 g/mol. The molecule has 4 nitrogen and oxygen atoms in total. The number of carbonyl (C=O) groups excluding carboxylic acids is 1. The zero-order chi connectivity index (χ0) is 16.5. The van der Waals surface area contributed by atoms with Crippen molar-refractivity contribution >= 4 is 12.0 Å². The van der Waals surface area contributed by atoms with Gasteiger partial charge in [0.05, 0.1) is 0 Å². The van der Waals surface area contributed by atoms with Gasteiger partial charge in [-0.3, -0.25) is 9.48 Å². The summed E-state index contributed by atoms with van der Waals surface area (Å²) in [4.78, 5) is 14.3. The van der Waals surface area contributed by atoms with Crippen molar-refractivity contribution in [1.82, 2.24) is 14.7 Å². The molecule has 0 bridgehead atoms. The maximum absolute atomic E-state index is 12.4. The molecule has 1 heterocycles. The molecule has 0 aliphatic heterocycles. The van der Waals surface area contributed by atoms with Crippen LogP contribution in [0.1, 0.15) is 31.0 Å². The zero-order valence-electron chi connectivity index (χ0n) is 14.0. The summed E-state index contributed by atoms with van der Waals surface area (Å²) in [7, 11) is 0. The summed E-state index contributed by atoms with van der Waals surface area (Å²) in [6, 6.07) is 12.1. The second-order valence-electron chi connectivity index (χ2n) is 5.60. The van der Waals surface area contributed by atoms with Crippen molar-refractivity contribution in [3.8, 4) is 0 Å². The van der Waals surface area contributed by atoms with Crippen LogP contribution in [0.5, 0.6) is 0 Å². The molecule has 0 fully saturated rings. The Hall–Kier alpha value is -2.36. The number of aromatic nitrogens is 2. The van der Waals surface area contributed by atoms with Gasteiger partial charge in [0.2, 0.25) is 5.91 Å². The van der Waals surface area contributed by atoms with Crippen molar-refractivity contribution in [2.45, 2.75) is 33.2 Å². The molecule has 0 aliphatic rings. The summed E-state index contributed by atoms with van der Waals surface area (Å²) in [6.45, 7) is 6.18. The van der Waals surface area contributed by atoms with E-state index in [2.05, 4.69) is 36.3 Å². The normalized spacial score (nSPS) is 11.0. The van der Waals surface area contributed by atoms with Gasteiger partial charge in [0.15, 0.2) is 0 Å². The van der Waals surface area contributed by atoms with Crippen LogP contribution >= 0.6 is 0 Å². The van der Waals surface area contributed by atoms with Gasteiger partial charge < -0.3 is 4.90 Å². The van der Waals surface area contributed by atoms with Gasteiger partial charge in [-0.1, -0.05) is 49.4 Å². The first kappa shape index (κ1) is 17.0. The van der Waals surface area contributed by atoms with Crippen LogP contribution in [-0.2, 0) is 11.3 Å². The van der Waals surface area contributed by atoms with Crippen LogP contribution in [0, 0.1) is 6.92 Å². The molecular formula is C19H25N3O. The molecule has 23 heavy (non-hydrogen) atoms. The molecule has 1 amide bonds. The highest BCUT2D eigenvalue weighted by Crippen LogP contribution is 2.05. The molecule has 0 spiro atoms. The molecule has 0 atom stereocenters. The van der Waals surface area contributed by atoms with Crippen molar-refractivity contribution in [1.29, 1.82) is 0 Å².